The van der Waals surface area contributed by atoms with E-state index in [1.807, 2.05) is 0 Å². The van der Waals surface area contributed by atoms with Crippen molar-refractivity contribution >= 4 is 23.2 Å². The van der Waals surface area contributed by atoms with Gasteiger partial charge < -0.3 is 10.4 Å². The number of nitro benzene ring substituents is 1. The van der Waals surface area contributed by atoms with Crippen LogP contribution in [0.15, 0.2) is 30.5 Å². The number of nitro groups is 1. The molecule has 0 bridgehead atoms. The number of aromatic carboxylic acids is 1. The number of anilines is 2. The summed E-state index contributed by atoms with van der Waals surface area (Å²) in [4.78, 5) is 21.4. The number of rotatable bonds is 4. The minimum Gasteiger partial charge on any atom is -0.477 e. The number of carboxylic acids is 1. The first-order valence-electron chi connectivity index (χ1n) is 5.26. The lowest BCUT2D eigenvalue weighted by Crippen LogP contribution is -2.06. The smallest absolute Gasteiger partial charge is 0.341 e. The van der Waals surface area contributed by atoms with Crippen molar-refractivity contribution in [2.75, 3.05) is 5.32 Å². The van der Waals surface area contributed by atoms with Crippen LogP contribution in [0.4, 0.5) is 17.2 Å². The fraction of sp³-hybridized carbons (Fsp3) is 0.0909. The Labute approximate surface area is 107 Å². The standard InChI is InChI=1S/C11H10N4O4/c1-14-10(7(6-12-14)11(16)17)13-8-4-2-3-5-9(8)15(18)19/h2-6,13H,1H3,(H,16,17). The van der Waals surface area contributed by atoms with Gasteiger partial charge in [-0.2, -0.15) is 5.10 Å². The Kier molecular flexibility index (Phi) is 3.15. The maximum Gasteiger partial charge on any atom is 0.341 e. The van der Waals surface area contributed by atoms with Gasteiger partial charge in [0.25, 0.3) is 5.69 Å². The molecule has 98 valence electrons. The molecule has 0 aliphatic carbocycles. The number of aryl methyl sites for hydroxylation is 1. The van der Waals surface area contributed by atoms with Crippen LogP contribution in [0.1, 0.15) is 10.4 Å². The van der Waals surface area contributed by atoms with Gasteiger partial charge in [0.15, 0.2) is 0 Å². The van der Waals surface area contributed by atoms with Crippen LogP contribution >= 0.6 is 0 Å². The van der Waals surface area contributed by atoms with Gasteiger partial charge in [0, 0.05) is 13.1 Å². The van der Waals surface area contributed by atoms with Crippen LogP contribution < -0.4 is 5.32 Å². The Morgan fingerprint density at radius 2 is 2.16 bits per heavy atom. The molecule has 0 aliphatic rings. The van der Waals surface area contributed by atoms with Crippen molar-refractivity contribution in [2.24, 2.45) is 7.05 Å². The van der Waals surface area contributed by atoms with Gasteiger partial charge in [-0.25, -0.2) is 4.79 Å². The summed E-state index contributed by atoms with van der Waals surface area (Å²) in [6.07, 6.45) is 1.18. The first kappa shape index (κ1) is 12.6. The van der Waals surface area contributed by atoms with Crippen LogP contribution in [0.3, 0.4) is 0 Å². The molecule has 0 fully saturated rings. The molecule has 2 N–H and O–H groups in total. The molecule has 8 nitrogen and oxygen atoms in total. The monoisotopic (exact) mass is 262 g/mol. The van der Waals surface area contributed by atoms with Crippen molar-refractivity contribution in [1.29, 1.82) is 0 Å². The summed E-state index contributed by atoms with van der Waals surface area (Å²) in [6.45, 7) is 0. The molecule has 8 heteroatoms. The molecule has 0 atom stereocenters. The maximum atomic E-state index is 11.0. The summed E-state index contributed by atoms with van der Waals surface area (Å²) >= 11 is 0. The quantitative estimate of drug-likeness (QED) is 0.641. The largest absolute Gasteiger partial charge is 0.477 e. The second kappa shape index (κ2) is 4.77. The molecular formula is C11H10N4O4. The van der Waals surface area contributed by atoms with E-state index < -0.39 is 10.9 Å². The lowest BCUT2D eigenvalue weighted by molar-refractivity contribution is -0.383. The van der Waals surface area contributed by atoms with E-state index in [-0.39, 0.29) is 22.8 Å². The van der Waals surface area contributed by atoms with E-state index in [1.54, 1.807) is 13.1 Å². The van der Waals surface area contributed by atoms with Crippen LogP contribution in [0.2, 0.25) is 0 Å². The highest BCUT2D eigenvalue weighted by atomic mass is 16.6. The Morgan fingerprint density at radius 3 is 2.79 bits per heavy atom. The summed E-state index contributed by atoms with van der Waals surface area (Å²) in [5.74, 6) is -0.976. The highest BCUT2D eigenvalue weighted by molar-refractivity contribution is 5.94. The number of nitrogens with one attached hydrogen (secondary N) is 1. The van der Waals surface area contributed by atoms with Gasteiger partial charge in [0.05, 0.1) is 11.1 Å². The summed E-state index contributed by atoms with van der Waals surface area (Å²) in [6, 6.07) is 5.98. The van der Waals surface area contributed by atoms with E-state index in [4.69, 9.17) is 5.11 Å². The zero-order valence-corrected chi connectivity index (χ0v) is 9.90. The van der Waals surface area contributed by atoms with Gasteiger partial charge in [0.1, 0.15) is 17.1 Å². The van der Waals surface area contributed by atoms with Gasteiger partial charge in [-0.3, -0.25) is 14.8 Å². The Bertz CT molecular complexity index is 650. The second-order valence-corrected chi connectivity index (χ2v) is 3.73. The van der Waals surface area contributed by atoms with E-state index in [9.17, 15) is 14.9 Å². The summed E-state index contributed by atoms with van der Waals surface area (Å²) in [5.41, 5.74) is 0.0132. The van der Waals surface area contributed by atoms with E-state index in [0.29, 0.717) is 0 Å². The van der Waals surface area contributed by atoms with Crippen molar-refractivity contribution in [1.82, 2.24) is 9.78 Å². The number of nitrogens with zero attached hydrogens (tertiary/aromatic N) is 3. The number of hydrogen-bond donors (Lipinski definition) is 2. The van der Waals surface area contributed by atoms with Gasteiger partial charge in [0.2, 0.25) is 0 Å². The van der Waals surface area contributed by atoms with Crippen molar-refractivity contribution in [3.05, 3.63) is 46.1 Å². The molecule has 0 amide bonds. The molecule has 19 heavy (non-hydrogen) atoms. The minimum atomic E-state index is -1.16. The van der Waals surface area contributed by atoms with Crippen LogP contribution in [-0.2, 0) is 7.05 Å². The molecule has 1 aromatic carbocycles. The molecule has 0 aliphatic heterocycles. The van der Waals surface area contributed by atoms with Gasteiger partial charge in [-0.05, 0) is 6.07 Å². The maximum absolute atomic E-state index is 11.0. The fourth-order valence-corrected chi connectivity index (χ4v) is 1.61. The molecule has 0 spiro atoms. The predicted molar refractivity (Wildman–Crippen MR) is 66.5 cm³/mol. The summed E-state index contributed by atoms with van der Waals surface area (Å²) in [7, 11) is 1.55. The fourth-order valence-electron chi connectivity index (χ4n) is 1.61. The van der Waals surface area contributed by atoms with E-state index in [0.717, 1.165) is 0 Å². The molecular weight excluding hydrogens is 252 g/mol. The molecule has 1 aromatic heterocycles. The number of carbonyl (C=O) groups is 1. The third kappa shape index (κ3) is 2.37. The van der Waals surface area contributed by atoms with Gasteiger partial charge in [-0.15, -0.1) is 0 Å². The third-order valence-electron chi connectivity index (χ3n) is 2.52. The molecule has 0 unspecified atom stereocenters. The lowest BCUT2D eigenvalue weighted by atomic mass is 10.2. The SMILES string of the molecule is Cn1ncc(C(=O)O)c1Nc1ccccc1[N+](=O)[O-]. The van der Waals surface area contributed by atoms with Crippen LogP contribution in [0, 0.1) is 10.1 Å². The van der Waals surface area contributed by atoms with Gasteiger partial charge >= 0.3 is 5.97 Å². The van der Waals surface area contributed by atoms with Crippen LogP contribution in [-0.4, -0.2) is 25.8 Å². The number of hydrogen-bond acceptors (Lipinski definition) is 5. The number of benzene rings is 1. The summed E-state index contributed by atoms with van der Waals surface area (Å²) in [5, 5.41) is 26.4. The summed E-state index contributed by atoms with van der Waals surface area (Å²) < 4.78 is 1.31. The number of aromatic nitrogens is 2. The zero-order chi connectivity index (χ0) is 14.0. The zero-order valence-electron chi connectivity index (χ0n) is 9.90. The third-order valence-corrected chi connectivity index (χ3v) is 2.52. The average Bonchev–Trinajstić information content (AvgIpc) is 2.72. The van der Waals surface area contributed by atoms with Gasteiger partial charge in [-0.1, -0.05) is 12.1 Å². The topological polar surface area (TPSA) is 110 Å². The normalized spacial score (nSPS) is 10.2. The highest BCUT2D eigenvalue weighted by Gasteiger charge is 2.19. The number of para-hydroxylation sites is 2. The Morgan fingerprint density at radius 1 is 1.47 bits per heavy atom. The first-order chi connectivity index (χ1) is 9.00. The van der Waals surface area contributed by atoms with Crippen molar-refractivity contribution in [2.45, 2.75) is 0 Å². The van der Waals surface area contributed by atoms with Crippen molar-refractivity contribution < 1.29 is 14.8 Å². The van der Waals surface area contributed by atoms with Crippen LogP contribution in [0.5, 0.6) is 0 Å². The van der Waals surface area contributed by atoms with Crippen molar-refractivity contribution in [3.8, 4) is 0 Å². The average molecular weight is 262 g/mol. The molecule has 2 rings (SSSR count). The van der Waals surface area contributed by atoms with Crippen LogP contribution in [0.25, 0.3) is 0 Å². The van der Waals surface area contributed by atoms with E-state index >= 15 is 0 Å². The Balaban J connectivity index is 2.45. The first-order valence-corrected chi connectivity index (χ1v) is 5.26. The van der Waals surface area contributed by atoms with E-state index in [2.05, 4.69) is 10.4 Å². The molecule has 0 saturated carbocycles. The number of carboxylic acid groups (broad SMARTS) is 1. The molecule has 0 radical (unpaired) electrons. The Hall–Kier alpha value is -2.90. The van der Waals surface area contributed by atoms with Crippen molar-refractivity contribution in [3.63, 3.8) is 0 Å². The van der Waals surface area contributed by atoms with E-state index in [1.165, 1.54) is 29.1 Å². The molecule has 2 aromatic rings. The minimum absolute atomic E-state index is 0.0550. The highest BCUT2D eigenvalue weighted by Crippen LogP contribution is 2.28. The molecule has 1 heterocycles. The lowest BCUT2D eigenvalue weighted by Gasteiger charge is -2.08. The predicted octanol–water partition coefficient (Wildman–Crippen LogP) is 1.77. The molecule has 0 saturated heterocycles. The second-order valence-electron chi connectivity index (χ2n) is 3.73.